The Balaban J connectivity index is 0.00000288. The molecule has 1 amide bonds. The van der Waals surface area contributed by atoms with E-state index in [1.807, 2.05) is 6.92 Å². The van der Waals surface area contributed by atoms with Gasteiger partial charge in [-0.05, 0) is 44.0 Å². The third-order valence-corrected chi connectivity index (χ3v) is 4.32. The first-order valence-corrected chi connectivity index (χ1v) is 8.46. The highest BCUT2D eigenvalue weighted by Gasteiger charge is 2.24. The van der Waals surface area contributed by atoms with E-state index in [0.29, 0.717) is 34.6 Å². The lowest BCUT2D eigenvalue weighted by atomic mass is 9.95. The van der Waals surface area contributed by atoms with Crippen LogP contribution in [0, 0.1) is 5.92 Å². The SMILES string of the molecule is CCCOc1c(Cl)cc(C(=O)NC2CCNCC2C)cc1OC.Cl. The summed E-state index contributed by atoms with van der Waals surface area (Å²) in [6, 6.07) is 3.48. The highest BCUT2D eigenvalue weighted by atomic mass is 35.5. The molecule has 0 saturated carbocycles. The van der Waals surface area contributed by atoms with E-state index in [2.05, 4.69) is 17.6 Å². The van der Waals surface area contributed by atoms with Crippen molar-refractivity contribution in [3.63, 3.8) is 0 Å². The van der Waals surface area contributed by atoms with Crippen LogP contribution in [-0.4, -0.2) is 38.8 Å². The van der Waals surface area contributed by atoms with Crippen molar-refractivity contribution < 1.29 is 14.3 Å². The third kappa shape index (κ3) is 5.16. The summed E-state index contributed by atoms with van der Waals surface area (Å²) in [5.41, 5.74) is 0.487. The summed E-state index contributed by atoms with van der Waals surface area (Å²) < 4.78 is 10.9. The van der Waals surface area contributed by atoms with Gasteiger partial charge in [0.25, 0.3) is 5.91 Å². The van der Waals surface area contributed by atoms with E-state index >= 15 is 0 Å². The molecule has 5 nitrogen and oxygen atoms in total. The first-order chi connectivity index (χ1) is 11.1. The van der Waals surface area contributed by atoms with Crippen LogP contribution in [0.1, 0.15) is 37.0 Å². The number of benzene rings is 1. The maximum Gasteiger partial charge on any atom is 0.251 e. The second kappa shape index (κ2) is 9.97. The van der Waals surface area contributed by atoms with Gasteiger partial charge in [0.2, 0.25) is 0 Å². The fourth-order valence-electron chi connectivity index (χ4n) is 2.68. The van der Waals surface area contributed by atoms with E-state index < -0.39 is 0 Å². The molecular formula is C17H26Cl2N2O3. The van der Waals surface area contributed by atoms with Gasteiger partial charge in [-0.1, -0.05) is 25.4 Å². The lowest BCUT2D eigenvalue weighted by Gasteiger charge is -2.30. The zero-order valence-electron chi connectivity index (χ0n) is 14.4. The number of methoxy groups -OCH3 is 1. The van der Waals surface area contributed by atoms with Crippen LogP contribution in [0.3, 0.4) is 0 Å². The van der Waals surface area contributed by atoms with E-state index in [4.69, 9.17) is 21.1 Å². The van der Waals surface area contributed by atoms with Crippen LogP contribution < -0.4 is 20.1 Å². The zero-order valence-corrected chi connectivity index (χ0v) is 15.9. The summed E-state index contributed by atoms with van der Waals surface area (Å²) >= 11 is 6.27. The number of nitrogens with one attached hydrogen (secondary N) is 2. The lowest BCUT2D eigenvalue weighted by Crippen LogP contribution is -2.48. The van der Waals surface area contributed by atoms with Crippen molar-refractivity contribution >= 4 is 29.9 Å². The molecule has 136 valence electrons. The van der Waals surface area contributed by atoms with E-state index in [0.717, 1.165) is 25.9 Å². The van der Waals surface area contributed by atoms with Crippen molar-refractivity contribution in [2.45, 2.75) is 32.7 Å². The van der Waals surface area contributed by atoms with Crippen LogP contribution in [0.25, 0.3) is 0 Å². The molecule has 0 radical (unpaired) electrons. The average molecular weight is 377 g/mol. The molecular weight excluding hydrogens is 351 g/mol. The fourth-order valence-corrected chi connectivity index (χ4v) is 2.94. The molecule has 0 bridgehead atoms. The van der Waals surface area contributed by atoms with Crippen molar-refractivity contribution in [2.75, 3.05) is 26.8 Å². The molecule has 2 atom stereocenters. The molecule has 1 aliphatic rings. The summed E-state index contributed by atoms with van der Waals surface area (Å²) in [7, 11) is 1.54. The van der Waals surface area contributed by atoms with Crippen LogP contribution in [-0.2, 0) is 0 Å². The van der Waals surface area contributed by atoms with Gasteiger partial charge in [-0.3, -0.25) is 4.79 Å². The zero-order chi connectivity index (χ0) is 16.8. The van der Waals surface area contributed by atoms with E-state index in [-0.39, 0.29) is 24.4 Å². The summed E-state index contributed by atoms with van der Waals surface area (Å²) in [4.78, 5) is 12.5. The largest absolute Gasteiger partial charge is 0.493 e. The maximum absolute atomic E-state index is 12.5. The van der Waals surface area contributed by atoms with Crippen molar-refractivity contribution in [2.24, 2.45) is 5.92 Å². The minimum absolute atomic E-state index is 0. The van der Waals surface area contributed by atoms with Crippen LogP contribution in [0.5, 0.6) is 11.5 Å². The van der Waals surface area contributed by atoms with Gasteiger partial charge in [0.05, 0.1) is 18.7 Å². The second-order valence-corrected chi connectivity index (χ2v) is 6.30. The monoisotopic (exact) mass is 376 g/mol. The van der Waals surface area contributed by atoms with Gasteiger partial charge in [-0.2, -0.15) is 0 Å². The molecule has 7 heteroatoms. The van der Waals surface area contributed by atoms with Gasteiger partial charge in [0.15, 0.2) is 11.5 Å². The molecule has 1 saturated heterocycles. The maximum atomic E-state index is 12.5. The first-order valence-electron chi connectivity index (χ1n) is 8.08. The Bertz CT molecular complexity index is 555. The molecule has 1 heterocycles. The van der Waals surface area contributed by atoms with Crippen molar-refractivity contribution in [3.8, 4) is 11.5 Å². The highest BCUT2D eigenvalue weighted by molar-refractivity contribution is 6.32. The second-order valence-electron chi connectivity index (χ2n) is 5.89. The van der Waals surface area contributed by atoms with Gasteiger partial charge >= 0.3 is 0 Å². The van der Waals surface area contributed by atoms with Crippen LogP contribution in [0.2, 0.25) is 5.02 Å². The molecule has 0 aromatic heterocycles. The molecule has 2 unspecified atom stereocenters. The van der Waals surface area contributed by atoms with E-state index in [9.17, 15) is 4.79 Å². The Morgan fingerprint density at radius 3 is 2.83 bits per heavy atom. The molecule has 1 aromatic rings. The summed E-state index contributed by atoms with van der Waals surface area (Å²) in [5, 5.41) is 6.81. The number of amides is 1. The quantitative estimate of drug-likeness (QED) is 0.799. The predicted molar refractivity (Wildman–Crippen MR) is 98.9 cm³/mol. The van der Waals surface area contributed by atoms with Gasteiger partial charge in [-0.15, -0.1) is 12.4 Å². The Morgan fingerprint density at radius 2 is 2.21 bits per heavy atom. The summed E-state index contributed by atoms with van der Waals surface area (Å²) in [6.45, 7) is 6.53. The Kier molecular flexibility index (Phi) is 8.67. The van der Waals surface area contributed by atoms with Crippen LogP contribution in [0.15, 0.2) is 12.1 Å². The fraction of sp³-hybridized carbons (Fsp3) is 0.588. The number of carbonyl (C=O) groups is 1. The normalized spacial score (nSPS) is 20.0. The van der Waals surface area contributed by atoms with E-state index in [1.54, 1.807) is 19.2 Å². The Morgan fingerprint density at radius 1 is 1.46 bits per heavy atom. The van der Waals surface area contributed by atoms with Gasteiger partial charge < -0.3 is 20.1 Å². The molecule has 1 aliphatic heterocycles. The van der Waals surface area contributed by atoms with Crippen molar-refractivity contribution in [1.29, 1.82) is 0 Å². The highest BCUT2D eigenvalue weighted by Crippen LogP contribution is 2.36. The van der Waals surface area contributed by atoms with Crippen molar-refractivity contribution in [3.05, 3.63) is 22.7 Å². The standard InChI is InChI=1S/C17H25ClN2O3.ClH/c1-4-7-23-16-13(18)8-12(9-15(16)22-3)17(21)20-14-5-6-19-10-11(14)2;/h8-9,11,14,19H,4-7,10H2,1-3H3,(H,20,21);1H. The molecule has 2 N–H and O–H groups in total. The Hall–Kier alpha value is -1.17. The number of halogens is 2. The molecule has 0 spiro atoms. The van der Waals surface area contributed by atoms with Crippen LogP contribution in [0.4, 0.5) is 0 Å². The minimum atomic E-state index is -0.133. The van der Waals surface area contributed by atoms with Gasteiger partial charge in [-0.25, -0.2) is 0 Å². The average Bonchev–Trinajstić information content (AvgIpc) is 2.55. The predicted octanol–water partition coefficient (Wildman–Crippen LogP) is 3.29. The lowest BCUT2D eigenvalue weighted by molar-refractivity contribution is 0.0914. The topological polar surface area (TPSA) is 59.6 Å². The molecule has 0 aliphatic carbocycles. The van der Waals surface area contributed by atoms with Gasteiger partial charge in [0, 0.05) is 11.6 Å². The number of hydrogen-bond donors (Lipinski definition) is 2. The Labute approximate surface area is 154 Å². The smallest absolute Gasteiger partial charge is 0.251 e. The summed E-state index contributed by atoms with van der Waals surface area (Å²) in [5.74, 6) is 1.24. The molecule has 1 fully saturated rings. The summed E-state index contributed by atoms with van der Waals surface area (Å²) in [6.07, 6.45) is 1.80. The minimum Gasteiger partial charge on any atom is -0.493 e. The number of ether oxygens (including phenoxy) is 2. The van der Waals surface area contributed by atoms with Crippen LogP contribution >= 0.6 is 24.0 Å². The number of piperidine rings is 1. The van der Waals surface area contributed by atoms with Gasteiger partial charge in [0.1, 0.15) is 0 Å². The molecule has 24 heavy (non-hydrogen) atoms. The first kappa shape index (κ1) is 20.9. The third-order valence-electron chi connectivity index (χ3n) is 4.04. The number of carbonyl (C=O) groups excluding carboxylic acids is 1. The number of rotatable bonds is 6. The molecule has 2 rings (SSSR count). The number of hydrogen-bond acceptors (Lipinski definition) is 4. The van der Waals surface area contributed by atoms with E-state index in [1.165, 1.54) is 0 Å². The molecule has 1 aromatic carbocycles. The van der Waals surface area contributed by atoms with Crippen molar-refractivity contribution in [1.82, 2.24) is 10.6 Å².